The van der Waals surface area contributed by atoms with Gasteiger partial charge in [-0.1, -0.05) is 26.2 Å². The molecule has 0 saturated carbocycles. The van der Waals surface area contributed by atoms with Crippen molar-refractivity contribution >= 4 is 43.4 Å². The Morgan fingerprint density at radius 3 is 2.78 bits per heavy atom. The maximum Gasteiger partial charge on any atom is 0.147 e. The molecule has 0 unspecified atom stereocenters. The SMILES string of the molecule is CCCCCCNc1ncnc2c1sc1nc(N3CCOCC3)c3c(c12)CC(C)(C)OC3. The Morgan fingerprint density at radius 2 is 1.97 bits per heavy atom. The molecule has 0 atom stereocenters. The van der Waals surface area contributed by atoms with Crippen molar-refractivity contribution in [2.24, 2.45) is 0 Å². The molecule has 0 radical (unpaired) electrons. The zero-order valence-corrected chi connectivity index (χ0v) is 20.2. The Labute approximate surface area is 193 Å². The second kappa shape index (κ2) is 9.08. The van der Waals surface area contributed by atoms with Crippen LogP contribution in [-0.4, -0.2) is 53.4 Å². The Hall–Kier alpha value is -2.03. The molecular formula is C24H33N5O2S. The number of ether oxygens (including phenoxy) is 2. The molecular weight excluding hydrogens is 422 g/mol. The molecule has 0 spiro atoms. The molecule has 2 aliphatic rings. The molecule has 8 heteroatoms. The number of nitrogens with one attached hydrogen (secondary N) is 1. The van der Waals surface area contributed by atoms with Gasteiger partial charge in [0.15, 0.2) is 0 Å². The van der Waals surface area contributed by atoms with E-state index in [0.717, 1.165) is 72.4 Å². The first-order valence-electron chi connectivity index (χ1n) is 11.9. The van der Waals surface area contributed by atoms with Crippen LogP contribution >= 0.6 is 11.3 Å². The lowest BCUT2D eigenvalue weighted by Gasteiger charge is -2.36. The predicted molar refractivity (Wildman–Crippen MR) is 131 cm³/mol. The first-order chi connectivity index (χ1) is 15.6. The van der Waals surface area contributed by atoms with Gasteiger partial charge in [-0.3, -0.25) is 0 Å². The van der Waals surface area contributed by atoms with Crippen LogP contribution in [0.2, 0.25) is 0 Å². The van der Waals surface area contributed by atoms with Gasteiger partial charge in [0.1, 0.15) is 22.8 Å². The average molecular weight is 456 g/mol. The third kappa shape index (κ3) is 4.16. The van der Waals surface area contributed by atoms with E-state index >= 15 is 0 Å². The number of hydrogen-bond donors (Lipinski definition) is 1. The molecule has 5 rings (SSSR count). The fourth-order valence-corrected chi connectivity index (χ4v) is 5.83. The lowest BCUT2D eigenvalue weighted by molar-refractivity contribution is -0.0396. The van der Waals surface area contributed by atoms with Crippen LogP contribution in [0.15, 0.2) is 6.33 Å². The van der Waals surface area contributed by atoms with Gasteiger partial charge in [-0.05, 0) is 25.8 Å². The summed E-state index contributed by atoms with van der Waals surface area (Å²) in [5.41, 5.74) is 3.37. The molecule has 32 heavy (non-hydrogen) atoms. The first kappa shape index (κ1) is 21.8. The fourth-order valence-electron chi connectivity index (χ4n) is 4.71. The summed E-state index contributed by atoms with van der Waals surface area (Å²) in [6, 6.07) is 0. The third-order valence-electron chi connectivity index (χ3n) is 6.44. The number of morpholine rings is 1. The fraction of sp³-hybridized carbons (Fsp3) is 0.625. The summed E-state index contributed by atoms with van der Waals surface area (Å²) in [5.74, 6) is 1.99. The molecule has 0 aromatic carbocycles. The standard InChI is InChI=1S/C24H33N5O2S/c1-4-5-6-7-8-25-21-20-19(26-15-27-21)18-16-13-24(2,3)31-14-17(16)22(28-23(18)32-20)29-9-11-30-12-10-29/h15H,4-14H2,1-3H3,(H,25,26,27). The Kier molecular flexibility index (Phi) is 6.18. The van der Waals surface area contributed by atoms with Gasteiger partial charge in [0.25, 0.3) is 0 Å². The van der Waals surface area contributed by atoms with Gasteiger partial charge in [-0.15, -0.1) is 11.3 Å². The largest absolute Gasteiger partial charge is 0.378 e. The summed E-state index contributed by atoms with van der Waals surface area (Å²) in [5, 5.41) is 4.75. The zero-order chi connectivity index (χ0) is 22.1. The molecule has 0 aliphatic carbocycles. The summed E-state index contributed by atoms with van der Waals surface area (Å²) in [6.07, 6.45) is 7.48. The van der Waals surface area contributed by atoms with Crippen molar-refractivity contribution in [1.82, 2.24) is 15.0 Å². The van der Waals surface area contributed by atoms with Gasteiger partial charge in [0, 0.05) is 37.0 Å². The van der Waals surface area contributed by atoms with Gasteiger partial charge in [0.2, 0.25) is 0 Å². The van der Waals surface area contributed by atoms with Crippen LogP contribution in [0.1, 0.15) is 57.6 Å². The van der Waals surface area contributed by atoms with Crippen molar-refractivity contribution in [3.05, 3.63) is 17.5 Å². The minimum Gasteiger partial charge on any atom is -0.378 e. The lowest BCUT2D eigenvalue weighted by Crippen LogP contribution is -2.39. The number of thiophene rings is 1. The maximum absolute atomic E-state index is 6.23. The van der Waals surface area contributed by atoms with Gasteiger partial charge in [-0.25, -0.2) is 15.0 Å². The van der Waals surface area contributed by atoms with Crippen LogP contribution in [0.5, 0.6) is 0 Å². The molecule has 7 nitrogen and oxygen atoms in total. The van der Waals surface area contributed by atoms with Crippen LogP contribution in [0.25, 0.3) is 20.4 Å². The molecule has 5 heterocycles. The van der Waals surface area contributed by atoms with E-state index in [0.29, 0.717) is 6.61 Å². The molecule has 1 saturated heterocycles. The van der Waals surface area contributed by atoms with Crippen LogP contribution in [-0.2, 0) is 22.5 Å². The number of hydrogen-bond acceptors (Lipinski definition) is 8. The topological polar surface area (TPSA) is 72.4 Å². The number of unbranched alkanes of at least 4 members (excludes halogenated alkanes) is 3. The molecule has 3 aromatic rings. The highest BCUT2D eigenvalue weighted by atomic mass is 32.1. The van der Waals surface area contributed by atoms with E-state index in [4.69, 9.17) is 19.4 Å². The summed E-state index contributed by atoms with van der Waals surface area (Å²) < 4.78 is 12.9. The smallest absolute Gasteiger partial charge is 0.147 e. The second-order valence-corrected chi connectivity index (χ2v) is 10.4. The lowest BCUT2D eigenvalue weighted by atomic mass is 9.90. The Bertz CT molecular complexity index is 1110. The highest BCUT2D eigenvalue weighted by Gasteiger charge is 2.33. The molecule has 2 aliphatic heterocycles. The van der Waals surface area contributed by atoms with Crippen molar-refractivity contribution in [3.8, 4) is 0 Å². The van der Waals surface area contributed by atoms with E-state index in [9.17, 15) is 0 Å². The Morgan fingerprint density at radius 1 is 1.12 bits per heavy atom. The molecule has 1 fully saturated rings. The summed E-state index contributed by atoms with van der Waals surface area (Å²) >= 11 is 1.71. The van der Waals surface area contributed by atoms with E-state index in [1.54, 1.807) is 17.7 Å². The van der Waals surface area contributed by atoms with Gasteiger partial charge < -0.3 is 19.7 Å². The number of aromatic nitrogens is 3. The van der Waals surface area contributed by atoms with E-state index in [1.165, 1.54) is 35.8 Å². The zero-order valence-electron chi connectivity index (χ0n) is 19.4. The minimum atomic E-state index is -0.203. The third-order valence-corrected chi connectivity index (χ3v) is 7.52. The average Bonchev–Trinajstić information content (AvgIpc) is 3.18. The van der Waals surface area contributed by atoms with E-state index in [-0.39, 0.29) is 5.60 Å². The molecule has 0 amide bonds. The van der Waals surface area contributed by atoms with Gasteiger partial charge in [-0.2, -0.15) is 0 Å². The van der Waals surface area contributed by atoms with E-state index in [2.05, 4.69) is 36.0 Å². The van der Waals surface area contributed by atoms with Crippen LogP contribution < -0.4 is 10.2 Å². The second-order valence-electron chi connectivity index (χ2n) is 9.39. The van der Waals surface area contributed by atoms with E-state index < -0.39 is 0 Å². The summed E-state index contributed by atoms with van der Waals surface area (Å²) in [4.78, 5) is 17.9. The molecule has 1 N–H and O–H groups in total. The van der Waals surface area contributed by atoms with Gasteiger partial charge in [0.05, 0.1) is 35.6 Å². The highest BCUT2D eigenvalue weighted by molar-refractivity contribution is 7.26. The monoisotopic (exact) mass is 455 g/mol. The van der Waals surface area contributed by atoms with Crippen molar-refractivity contribution in [3.63, 3.8) is 0 Å². The number of rotatable bonds is 7. The number of anilines is 2. The van der Waals surface area contributed by atoms with Crippen molar-refractivity contribution < 1.29 is 9.47 Å². The Balaban J connectivity index is 1.60. The predicted octanol–water partition coefficient (Wildman–Crippen LogP) is 4.92. The summed E-state index contributed by atoms with van der Waals surface area (Å²) in [7, 11) is 0. The van der Waals surface area contributed by atoms with Crippen LogP contribution in [0, 0.1) is 0 Å². The molecule has 172 valence electrons. The summed E-state index contributed by atoms with van der Waals surface area (Å²) in [6.45, 7) is 11.3. The number of nitrogens with zero attached hydrogens (tertiary/aromatic N) is 4. The normalized spacial score (nSPS) is 18.3. The number of pyridine rings is 1. The first-order valence-corrected chi connectivity index (χ1v) is 12.7. The molecule has 0 bridgehead atoms. The number of fused-ring (bicyclic) bond motifs is 5. The van der Waals surface area contributed by atoms with Crippen LogP contribution in [0.3, 0.4) is 0 Å². The quantitative estimate of drug-likeness (QED) is 0.507. The van der Waals surface area contributed by atoms with Crippen molar-refractivity contribution in [1.29, 1.82) is 0 Å². The molecule has 3 aromatic heterocycles. The van der Waals surface area contributed by atoms with Crippen molar-refractivity contribution in [2.45, 2.75) is 65.1 Å². The van der Waals surface area contributed by atoms with Crippen molar-refractivity contribution in [2.75, 3.05) is 43.1 Å². The highest BCUT2D eigenvalue weighted by Crippen LogP contribution is 2.44. The van der Waals surface area contributed by atoms with E-state index in [1.807, 2.05) is 0 Å². The minimum absolute atomic E-state index is 0.203. The van der Waals surface area contributed by atoms with Gasteiger partial charge >= 0.3 is 0 Å². The van der Waals surface area contributed by atoms with Crippen LogP contribution in [0.4, 0.5) is 11.6 Å². The maximum atomic E-state index is 6.23.